The first-order valence-corrected chi connectivity index (χ1v) is 9.84. The second kappa shape index (κ2) is 9.50. The molecule has 0 aliphatic heterocycles. The zero-order valence-electron chi connectivity index (χ0n) is 17.6. The number of nitrogens with zero attached hydrogens (tertiary/aromatic N) is 4. The number of carbonyl (C=O) groups is 1. The van der Waals surface area contributed by atoms with Crippen LogP contribution in [0.2, 0.25) is 0 Å². The lowest BCUT2D eigenvalue weighted by Gasteiger charge is -2.29. The fourth-order valence-corrected chi connectivity index (χ4v) is 3.09. The molecule has 6 nitrogen and oxygen atoms in total. The zero-order valence-corrected chi connectivity index (χ0v) is 17.6. The summed E-state index contributed by atoms with van der Waals surface area (Å²) in [4.78, 5) is 24.2. The highest BCUT2D eigenvalue weighted by Crippen LogP contribution is 2.29. The van der Waals surface area contributed by atoms with Gasteiger partial charge in [-0.1, -0.05) is 39.8 Å². The Morgan fingerprint density at radius 3 is 2.04 bits per heavy atom. The van der Waals surface area contributed by atoms with E-state index in [0.717, 1.165) is 18.6 Å². The van der Waals surface area contributed by atoms with Crippen molar-refractivity contribution >= 4 is 22.8 Å². The normalized spacial score (nSPS) is 12.4. The molecule has 0 fully saturated rings. The Kier molecular flexibility index (Phi) is 7.33. The standard InChI is InChI=1S/C22H30N4O2/c1-14(2)12-26(13-15(3)4)21-20(17(11-23)22(27)28-16(5)6)24-18-9-7-8-10-19(18)25-21/h7-10,14-17H,12-13H2,1-6H3/t17-/m1/s1. The molecule has 0 radical (unpaired) electrons. The van der Waals surface area contributed by atoms with Gasteiger partial charge in [-0.3, -0.25) is 4.79 Å². The van der Waals surface area contributed by atoms with Gasteiger partial charge in [0.1, 0.15) is 5.69 Å². The van der Waals surface area contributed by atoms with Crippen LogP contribution in [0.3, 0.4) is 0 Å². The summed E-state index contributed by atoms with van der Waals surface area (Å²) in [5.41, 5.74) is 1.77. The molecule has 1 atom stereocenters. The number of fused-ring (bicyclic) bond motifs is 1. The van der Waals surface area contributed by atoms with E-state index < -0.39 is 11.9 Å². The molecule has 2 rings (SSSR count). The highest BCUT2D eigenvalue weighted by molar-refractivity contribution is 5.85. The summed E-state index contributed by atoms with van der Waals surface area (Å²) >= 11 is 0. The van der Waals surface area contributed by atoms with Crippen molar-refractivity contribution in [2.24, 2.45) is 11.8 Å². The Morgan fingerprint density at radius 1 is 1.04 bits per heavy atom. The average Bonchev–Trinajstić information content (AvgIpc) is 2.59. The molecule has 0 aliphatic carbocycles. The molecule has 0 amide bonds. The van der Waals surface area contributed by atoms with Gasteiger partial charge in [0.2, 0.25) is 0 Å². The first-order chi connectivity index (χ1) is 13.2. The van der Waals surface area contributed by atoms with Crippen molar-refractivity contribution in [3.8, 4) is 6.07 Å². The number of hydrogen-bond acceptors (Lipinski definition) is 6. The van der Waals surface area contributed by atoms with E-state index in [0.29, 0.717) is 28.9 Å². The summed E-state index contributed by atoms with van der Waals surface area (Å²) in [7, 11) is 0. The molecule has 0 saturated heterocycles. The first kappa shape index (κ1) is 21.6. The molecule has 2 aromatic rings. The summed E-state index contributed by atoms with van der Waals surface area (Å²) < 4.78 is 5.32. The predicted octanol–water partition coefficient (Wildman–Crippen LogP) is 4.31. The number of aromatic nitrogens is 2. The minimum Gasteiger partial charge on any atom is -0.462 e. The van der Waals surface area contributed by atoms with Gasteiger partial charge in [0.15, 0.2) is 11.7 Å². The molecule has 28 heavy (non-hydrogen) atoms. The molecule has 0 bridgehead atoms. The molecule has 0 saturated carbocycles. The Balaban J connectivity index is 2.65. The average molecular weight is 383 g/mol. The van der Waals surface area contributed by atoms with Crippen LogP contribution in [-0.4, -0.2) is 35.1 Å². The number of ether oxygens (including phenoxy) is 1. The van der Waals surface area contributed by atoms with Crippen molar-refractivity contribution in [2.75, 3.05) is 18.0 Å². The topological polar surface area (TPSA) is 79.1 Å². The number of nitriles is 1. The summed E-state index contributed by atoms with van der Waals surface area (Å²) in [6, 6.07) is 9.60. The first-order valence-electron chi connectivity index (χ1n) is 9.84. The van der Waals surface area contributed by atoms with Gasteiger partial charge in [0.05, 0.1) is 23.2 Å². The van der Waals surface area contributed by atoms with Crippen LogP contribution in [-0.2, 0) is 9.53 Å². The molecule has 1 heterocycles. The Bertz CT molecular complexity index is 845. The Morgan fingerprint density at radius 2 is 1.57 bits per heavy atom. The van der Waals surface area contributed by atoms with Crippen LogP contribution < -0.4 is 4.90 Å². The third-order valence-electron chi connectivity index (χ3n) is 4.04. The van der Waals surface area contributed by atoms with Gasteiger partial charge in [-0.05, 0) is 37.8 Å². The highest BCUT2D eigenvalue weighted by atomic mass is 16.5. The van der Waals surface area contributed by atoms with Crippen LogP contribution in [0, 0.1) is 23.2 Å². The van der Waals surface area contributed by atoms with E-state index in [1.807, 2.05) is 24.3 Å². The van der Waals surface area contributed by atoms with Gasteiger partial charge >= 0.3 is 5.97 Å². The third-order valence-corrected chi connectivity index (χ3v) is 4.04. The smallest absolute Gasteiger partial charge is 0.329 e. The lowest BCUT2D eigenvalue weighted by molar-refractivity contribution is -0.147. The van der Waals surface area contributed by atoms with Gasteiger partial charge in [0, 0.05) is 13.1 Å². The van der Waals surface area contributed by atoms with E-state index in [9.17, 15) is 10.1 Å². The number of carbonyl (C=O) groups excluding carboxylic acids is 1. The summed E-state index contributed by atoms with van der Waals surface area (Å²) in [5, 5.41) is 9.77. The molecule has 150 valence electrons. The largest absolute Gasteiger partial charge is 0.462 e. The van der Waals surface area contributed by atoms with Crippen LogP contribution in [0.5, 0.6) is 0 Å². The molecule has 0 unspecified atom stereocenters. The Labute approximate surface area is 167 Å². The number of anilines is 1. The molecule has 1 aromatic heterocycles. The number of benzene rings is 1. The highest BCUT2D eigenvalue weighted by Gasteiger charge is 2.31. The van der Waals surface area contributed by atoms with Crippen LogP contribution in [0.1, 0.15) is 53.2 Å². The minimum absolute atomic E-state index is 0.303. The summed E-state index contributed by atoms with van der Waals surface area (Å²) in [6.45, 7) is 13.6. The van der Waals surface area contributed by atoms with Crippen LogP contribution >= 0.6 is 0 Å². The number of para-hydroxylation sites is 2. The molecule has 0 spiro atoms. The number of hydrogen-bond donors (Lipinski definition) is 0. The molecule has 0 aliphatic rings. The zero-order chi connectivity index (χ0) is 20.8. The molecular formula is C22H30N4O2. The number of rotatable bonds is 8. The van der Waals surface area contributed by atoms with E-state index in [2.05, 4.69) is 43.6 Å². The van der Waals surface area contributed by atoms with E-state index in [1.54, 1.807) is 13.8 Å². The van der Waals surface area contributed by atoms with Crippen molar-refractivity contribution < 1.29 is 9.53 Å². The van der Waals surface area contributed by atoms with E-state index in [-0.39, 0.29) is 6.10 Å². The summed E-state index contributed by atoms with van der Waals surface area (Å²) in [5.74, 6) is -0.326. The summed E-state index contributed by atoms with van der Waals surface area (Å²) in [6.07, 6.45) is -0.303. The van der Waals surface area contributed by atoms with Gasteiger partial charge in [-0.2, -0.15) is 5.26 Å². The van der Waals surface area contributed by atoms with Crippen LogP contribution in [0.25, 0.3) is 11.0 Å². The van der Waals surface area contributed by atoms with Crippen molar-refractivity contribution in [2.45, 2.75) is 53.6 Å². The van der Waals surface area contributed by atoms with Gasteiger partial charge in [-0.15, -0.1) is 0 Å². The van der Waals surface area contributed by atoms with E-state index in [1.165, 1.54) is 0 Å². The quantitative estimate of drug-likeness (QED) is 0.633. The molecule has 0 N–H and O–H groups in total. The minimum atomic E-state index is -1.11. The maximum absolute atomic E-state index is 12.6. The maximum Gasteiger partial charge on any atom is 0.329 e. The van der Waals surface area contributed by atoms with E-state index >= 15 is 0 Å². The van der Waals surface area contributed by atoms with Crippen molar-refractivity contribution in [1.82, 2.24) is 9.97 Å². The fourth-order valence-electron chi connectivity index (χ4n) is 3.09. The van der Waals surface area contributed by atoms with Gasteiger partial charge in [0.25, 0.3) is 0 Å². The lowest BCUT2D eigenvalue weighted by atomic mass is 10.0. The fraction of sp³-hybridized carbons (Fsp3) is 0.545. The predicted molar refractivity (Wildman–Crippen MR) is 111 cm³/mol. The van der Waals surface area contributed by atoms with Crippen LogP contribution in [0.15, 0.2) is 24.3 Å². The third kappa shape index (κ3) is 5.41. The number of esters is 1. The van der Waals surface area contributed by atoms with Crippen molar-refractivity contribution in [3.05, 3.63) is 30.0 Å². The Hall–Kier alpha value is -2.68. The van der Waals surface area contributed by atoms with E-state index in [4.69, 9.17) is 9.72 Å². The second-order valence-electron chi connectivity index (χ2n) is 8.16. The SMILES string of the molecule is CC(C)CN(CC(C)C)c1nc2ccccc2nc1[C@@H](C#N)C(=O)OC(C)C. The van der Waals surface area contributed by atoms with Gasteiger partial charge in [-0.25, -0.2) is 9.97 Å². The monoisotopic (exact) mass is 382 g/mol. The lowest BCUT2D eigenvalue weighted by Crippen LogP contribution is -2.34. The van der Waals surface area contributed by atoms with Crippen LogP contribution in [0.4, 0.5) is 5.82 Å². The van der Waals surface area contributed by atoms with Gasteiger partial charge < -0.3 is 9.64 Å². The maximum atomic E-state index is 12.6. The molecular weight excluding hydrogens is 352 g/mol. The molecule has 1 aromatic carbocycles. The second-order valence-corrected chi connectivity index (χ2v) is 8.16. The van der Waals surface area contributed by atoms with Crippen molar-refractivity contribution in [3.63, 3.8) is 0 Å². The van der Waals surface area contributed by atoms with Crippen molar-refractivity contribution in [1.29, 1.82) is 5.26 Å². The molecule has 6 heteroatoms.